The van der Waals surface area contributed by atoms with Crippen LogP contribution in [0.1, 0.15) is 21.8 Å². The average molecular weight is 330 g/mol. The zero-order chi connectivity index (χ0) is 17.2. The summed E-state index contributed by atoms with van der Waals surface area (Å²) in [6, 6.07) is 23.7. The Bertz CT molecular complexity index is 898. The van der Waals surface area contributed by atoms with Crippen molar-refractivity contribution in [3.63, 3.8) is 0 Å². The molecule has 0 bridgehead atoms. The molecule has 1 aliphatic heterocycles. The molecular weight excluding hydrogens is 312 g/mol. The number of fused-ring (bicyclic) bond motifs is 1. The van der Waals surface area contributed by atoms with Crippen molar-refractivity contribution in [2.24, 2.45) is 0 Å². The average Bonchev–Trinajstić information content (AvgIpc) is 2.69. The van der Waals surface area contributed by atoms with Crippen molar-refractivity contribution in [2.45, 2.75) is 5.92 Å². The van der Waals surface area contributed by atoms with Crippen LogP contribution in [-0.2, 0) is 0 Å². The highest BCUT2D eigenvalue weighted by Gasteiger charge is 2.30. The van der Waals surface area contributed by atoms with Gasteiger partial charge >= 0.3 is 0 Å². The van der Waals surface area contributed by atoms with Crippen LogP contribution in [0.4, 0.5) is 0 Å². The summed E-state index contributed by atoms with van der Waals surface area (Å²) >= 11 is 0. The molecule has 3 aromatic rings. The van der Waals surface area contributed by atoms with Crippen LogP contribution in [0, 0.1) is 0 Å². The van der Waals surface area contributed by atoms with Crippen molar-refractivity contribution in [1.82, 2.24) is 0 Å². The molecule has 4 rings (SSSR count). The van der Waals surface area contributed by atoms with Gasteiger partial charge in [0, 0.05) is 6.07 Å². The molecule has 0 aliphatic carbocycles. The van der Waals surface area contributed by atoms with E-state index in [0.717, 1.165) is 16.7 Å². The molecule has 1 unspecified atom stereocenters. The van der Waals surface area contributed by atoms with Gasteiger partial charge in [-0.05, 0) is 28.8 Å². The first-order valence-corrected chi connectivity index (χ1v) is 8.26. The van der Waals surface area contributed by atoms with E-state index in [-0.39, 0.29) is 11.7 Å². The smallest absolute Gasteiger partial charge is 0.177 e. The normalized spacial score (nSPS) is 16.0. The highest BCUT2D eigenvalue weighted by Crippen LogP contribution is 2.35. The Kier molecular flexibility index (Phi) is 3.98. The summed E-state index contributed by atoms with van der Waals surface area (Å²) in [5, 5.41) is 0. The van der Waals surface area contributed by atoms with Crippen molar-refractivity contribution in [3.05, 3.63) is 83.9 Å². The lowest BCUT2D eigenvalue weighted by Gasteiger charge is -2.25. The van der Waals surface area contributed by atoms with Crippen LogP contribution in [-0.4, -0.2) is 19.5 Å². The molecule has 3 heteroatoms. The van der Waals surface area contributed by atoms with Crippen LogP contribution in [0.15, 0.2) is 72.8 Å². The fourth-order valence-electron chi connectivity index (χ4n) is 3.18. The molecule has 1 atom stereocenters. The zero-order valence-electron chi connectivity index (χ0n) is 13.9. The Morgan fingerprint density at radius 2 is 1.64 bits per heavy atom. The van der Waals surface area contributed by atoms with Gasteiger partial charge in [-0.15, -0.1) is 0 Å². The number of ether oxygens (including phenoxy) is 2. The molecule has 3 aromatic carbocycles. The van der Waals surface area contributed by atoms with Gasteiger partial charge in [-0.2, -0.15) is 0 Å². The molecule has 0 radical (unpaired) electrons. The van der Waals surface area contributed by atoms with Gasteiger partial charge in [-0.25, -0.2) is 0 Å². The maximum absolute atomic E-state index is 12.9. The number of hydrogen-bond donors (Lipinski definition) is 0. The van der Waals surface area contributed by atoms with Gasteiger partial charge in [0.2, 0.25) is 0 Å². The number of carbonyl (C=O) groups is 1. The Balaban J connectivity index is 1.61. The minimum absolute atomic E-state index is 0.0939. The fraction of sp³-hybridized carbons (Fsp3) is 0.136. The third-order valence-corrected chi connectivity index (χ3v) is 4.60. The Morgan fingerprint density at radius 3 is 2.36 bits per heavy atom. The van der Waals surface area contributed by atoms with Crippen molar-refractivity contribution in [3.8, 4) is 22.6 Å². The lowest BCUT2D eigenvalue weighted by Crippen LogP contribution is -2.26. The van der Waals surface area contributed by atoms with Gasteiger partial charge in [-0.1, -0.05) is 54.6 Å². The van der Waals surface area contributed by atoms with Gasteiger partial charge < -0.3 is 9.47 Å². The van der Waals surface area contributed by atoms with Crippen molar-refractivity contribution >= 4 is 5.78 Å². The molecule has 0 saturated heterocycles. The highest BCUT2D eigenvalue weighted by atomic mass is 16.5. The van der Waals surface area contributed by atoms with Gasteiger partial charge in [0.15, 0.2) is 5.78 Å². The number of benzene rings is 3. The molecular formula is C22H18O3. The first kappa shape index (κ1) is 15.5. The van der Waals surface area contributed by atoms with E-state index in [1.807, 2.05) is 30.3 Å². The summed E-state index contributed by atoms with van der Waals surface area (Å²) < 4.78 is 11.0. The van der Waals surface area contributed by atoms with Crippen LogP contribution in [0.5, 0.6) is 11.5 Å². The Hall–Kier alpha value is -3.07. The predicted molar refractivity (Wildman–Crippen MR) is 97.4 cm³/mol. The highest BCUT2D eigenvalue weighted by molar-refractivity contribution is 6.04. The molecule has 0 spiro atoms. The van der Waals surface area contributed by atoms with E-state index in [1.54, 1.807) is 25.3 Å². The van der Waals surface area contributed by atoms with Crippen molar-refractivity contribution in [2.75, 3.05) is 13.7 Å². The first-order chi connectivity index (χ1) is 12.3. The van der Waals surface area contributed by atoms with Crippen molar-refractivity contribution in [1.29, 1.82) is 0 Å². The van der Waals surface area contributed by atoms with E-state index < -0.39 is 0 Å². The number of methoxy groups -OCH3 is 1. The molecule has 0 amide bonds. The maximum atomic E-state index is 12.9. The molecule has 25 heavy (non-hydrogen) atoms. The van der Waals surface area contributed by atoms with E-state index in [9.17, 15) is 4.79 Å². The second kappa shape index (κ2) is 6.44. The zero-order valence-corrected chi connectivity index (χ0v) is 13.9. The van der Waals surface area contributed by atoms with Gasteiger partial charge in [0.1, 0.15) is 18.1 Å². The Morgan fingerprint density at radius 1 is 0.920 bits per heavy atom. The molecule has 124 valence electrons. The monoisotopic (exact) mass is 330 g/mol. The van der Waals surface area contributed by atoms with Gasteiger partial charge in [0.05, 0.1) is 18.6 Å². The van der Waals surface area contributed by atoms with Gasteiger partial charge in [0.25, 0.3) is 0 Å². The number of rotatable bonds is 3. The number of hydrogen-bond acceptors (Lipinski definition) is 3. The molecule has 1 heterocycles. The van der Waals surface area contributed by atoms with E-state index in [2.05, 4.69) is 24.3 Å². The summed E-state index contributed by atoms with van der Waals surface area (Å²) in [5.74, 6) is 1.11. The van der Waals surface area contributed by atoms with Crippen LogP contribution in [0.25, 0.3) is 11.1 Å². The third kappa shape index (κ3) is 2.89. The summed E-state index contributed by atoms with van der Waals surface area (Å²) in [5.41, 5.74) is 3.90. The lowest BCUT2D eigenvalue weighted by molar-refractivity contribution is 0.0896. The van der Waals surface area contributed by atoms with Crippen LogP contribution in [0.2, 0.25) is 0 Å². The van der Waals surface area contributed by atoms with Crippen LogP contribution < -0.4 is 9.47 Å². The predicted octanol–water partition coefficient (Wildman–Crippen LogP) is 4.72. The van der Waals surface area contributed by atoms with Crippen molar-refractivity contribution < 1.29 is 14.3 Å². The summed E-state index contributed by atoms with van der Waals surface area (Å²) in [6.45, 7) is 0.351. The summed E-state index contributed by atoms with van der Waals surface area (Å²) in [4.78, 5) is 12.9. The molecule has 0 saturated carbocycles. The number of Topliss-reactive ketones (excluding diaryl/α,β-unsaturated/α-hetero) is 1. The second-order valence-electron chi connectivity index (χ2n) is 6.08. The number of ketones is 1. The Labute approximate surface area is 146 Å². The maximum Gasteiger partial charge on any atom is 0.177 e. The second-order valence-corrected chi connectivity index (χ2v) is 6.08. The molecule has 0 N–H and O–H groups in total. The topological polar surface area (TPSA) is 35.5 Å². The molecule has 0 aromatic heterocycles. The van der Waals surface area contributed by atoms with E-state index in [4.69, 9.17) is 9.47 Å². The van der Waals surface area contributed by atoms with Crippen LogP contribution in [0.3, 0.4) is 0 Å². The largest absolute Gasteiger partial charge is 0.497 e. The van der Waals surface area contributed by atoms with E-state index in [0.29, 0.717) is 23.7 Å². The van der Waals surface area contributed by atoms with E-state index in [1.165, 1.54) is 0 Å². The van der Waals surface area contributed by atoms with E-state index >= 15 is 0 Å². The minimum Gasteiger partial charge on any atom is -0.497 e. The fourth-order valence-corrected chi connectivity index (χ4v) is 3.18. The quantitative estimate of drug-likeness (QED) is 0.697. The van der Waals surface area contributed by atoms with Gasteiger partial charge in [-0.3, -0.25) is 4.79 Å². The molecule has 0 fully saturated rings. The summed E-state index contributed by atoms with van der Waals surface area (Å²) in [6.07, 6.45) is 0. The third-order valence-electron chi connectivity index (χ3n) is 4.60. The molecule has 1 aliphatic rings. The SMILES string of the molecule is COc1ccc2c(c1)OCC(c1ccc(-c3ccccc3)cc1)C2=O. The molecule has 3 nitrogen and oxygen atoms in total. The number of carbonyl (C=O) groups excluding carboxylic acids is 1. The lowest BCUT2D eigenvalue weighted by atomic mass is 9.88. The first-order valence-electron chi connectivity index (χ1n) is 8.26. The minimum atomic E-state index is -0.272. The van der Waals surface area contributed by atoms with Crippen LogP contribution >= 0.6 is 0 Å². The summed E-state index contributed by atoms with van der Waals surface area (Å²) in [7, 11) is 1.60. The standard InChI is InChI=1S/C22H18O3/c1-24-18-11-12-19-21(13-18)25-14-20(22(19)23)17-9-7-16(8-10-17)15-5-3-2-4-6-15/h2-13,20H,14H2,1H3.